The normalized spacial score (nSPS) is 12.2. The van der Waals surface area contributed by atoms with Crippen LogP contribution < -0.4 is 10.6 Å². The molecule has 0 aromatic heterocycles. The number of hydrogen-bond acceptors (Lipinski definition) is 1. The van der Waals surface area contributed by atoms with Crippen LogP contribution in [0.3, 0.4) is 0 Å². The highest BCUT2D eigenvalue weighted by Gasteiger charge is 2.18. The fraction of sp³-hybridized carbons (Fsp3) is 0.350. The first kappa shape index (κ1) is 17.2. The average Bonchev–Trinajstić information content (AvgIpc) is 2.55. The van der Waals surface area contributed by atoms with Gasteiger partial charge in [0, 0.05) is 17.7 Å². The van der Waals surface area contributed by atoms with Crippen LogP contribution in [0.15, 0.2) is 54.6 Å². The maximum Gasteiger partial charge on any atom is 0.275 e. The van der Waals surface area contributed by atoms with Gasteiger partial charge in [-0.2, -0.15) is 0 Å². The van der Waals surface area contributed by atoms with Gasteiger partial charge in [-0.15, -0.1) is 0 Å². The molecule has 1 amide bonds. The minimum Gasteiger partial charge on any atom is -0.351 e. The van der Waals surface area contributed by atoms with E-state index in [9.17, 15) is 4.79 Å². The van der Waals surface area contributed by atoms with E-state index in [1.807, 2.05) is 18.2 Å². The number of nitrogens with one attached hydrogen (secondary N) is 1. The summed E-state index contributed by atoms with van der Waals surface area (Å²) in [6, 6.07) is 19.0. The van der Waals surface area contributed by atoms with Crippen LogP contribution in [0.5, 0.6) is 0 Å². The number of carbonyl (C=O) groups is 1. The van der Waals surface area contributed by atoms with Crippen LogP contribution in [0.25, 0.3) is 0 Å². The van der Waals surface area contributed by atoms with E-state index in [1.165, 1.54) is 16.7 Å². The second-order valence-corrected chi connectivity index (χ2v) is 6.44. The summed E-state index contributed by atoms with van der Waals surface area (Å²) in [4.78, 5) is 12.0. The van der Waals surface area contributed by atoms with E-state index in [1.54, 1.807) is 0 Å². The van der Waals surface area contributed by atoms with E-state index in [0.717, 1.165) is 6.54 Å². The molecular weight excluding hydrogens is 284 g/mol. The van der Waals surface area contributed by atoms with Gasteiger partial charge in [0.1, 0.15) is 6.04 Å². The second-order valence-electron chi connectivity index (χ2n) is 6.44. The number of benzene rings is 2. The zero-order valence-corrected chi connectivity index (χ0v) is 14.3. The van der Waals surface area contributed by atoms with Gasteiger partial charge in [0.25, 0.3) is 5.91 Å². The SMILES string of the molecule is Cc1ccc([C@@H]([NH2+]CC(=O)NCC(C)C)c2ccccc2)cc1. The predicted octanol–water partition coefficient (Wildman–Crippen LogP) is 2.42. The van der Waals surface area contributed by atoms with Crippen molar-refractivity contribution in [2.45, 2.75) is 26.8 Å². The third-order valence-electron chi connectivity index (χ3n) is 3.84. The monoisotopic (exact) mass is 311 g/mol. The minimum absolute atomic E-state index is 0.0896. The van der Waals surface area contributed by atoms with Crippen molar-refractivity contribution in [2.75, 3.05) is 13.1 Å². The molecule has 3 nitrogen and oxygen atoms in total. The van der Waals surface area contributed by atoms with Crippen LogP contribution in [0.1, 0.15) is 36.6 Å². The summed E-state index contributed by atoms with van der Waals surface area (Å²) in [5.74, 6) is 0.563. The van der Waals surface area contributed by atoms with Crippen LogP contribution in [0.2, 0.25) is 0 Å². The average molecular weight is 311 g/mol. The van der Waals surface area contributed by atoms with Crippen molar-refractivity contribution in [1.82, 2.24) is 5.32 Å². The molecule has 0 radical (unpaired) electrons. The molecule has 0 saturated carbocycles. The molecule has 1 atom stereocenters. The highest BCUT2D eigenvalue weighted by molar-refractivity contribution is 5.76. The van der Waals surface area contributed by atoms with Crippen molar-refractivity contribution in [1.29, 1.82) is 0 Å². The molecule has 2 aromatic rings. The third-order valence-corrected chi connectivity index (χ3v) is 3.84. The molecule has 23 heavy (non-hydrogen) atoms. The van der Waals surface area contributed by atoms with E-state index in [-0.39, 0.29) is 11.9 Å². The zero-order valence-electron chi connectivity index (χ0n) is 14.3. The van der Waals surface area contributed by atoms with Crippen molar-refractivity contribution in [2.24, 2.45) is 5.92 Å². The molecular formula is C20H27N2O+. The Labute approximate surface area is 139 Å². The first-order valence-corrected chi connectivity index (χ1v) is 8.28. The summed E-state index contributed by atoms with van der Waals surface area (Å²) in [5.41, 5.74) is 3.68. The zero-order chi connectivity index (χ0) is 16.7. The molecule has 0 aliphatic rings. The predicted molar refractivity (Wildman–Crippen MR) is 94.1 cm³/mol. The number of quaternary nitrogens is 1. The van der Waals surface area contributed by atoms with Crippen molar-refractivity contribution >= 4 is 5.91 Å². The molecule has 3 N–H and O–H groups in total. The van der Waals surface area contributed by atoms with Crippen LogP contribution in [0, 0.1) is 12.8 Å². The molecule has 0 unspecified atom stereocenters. The standard InChI is InChI=1S/C20H26N2O/c1-15(2)13-21-19(23)14-22-20(17-7-5-4-6-8-17)18-11-9-16(3)10-12-18/h4-12,15,20,22H,13-14H2,1-3H3,(H,21,23)/p+1/t20-/m0/s1. The molecule has 0 fully saturated rings. The summed E-state index contributed by atoms with van der Waals surface area (Å²) in [6.07, 6.45) is 0. The second kappa shape index (κ2) is 8.49. The van der Waals surface area contributed by atoms with Crippen LogP contribution in [0.4, 0.5) is 0 Å². The summed E-state index contributed by atoms with van der Waals surface area (Å²) in [5, 5.41) is 5.09. The van der Waals surface area contributed by atoms with Gasteiger partial charge in [0.2, 0.25) is 0 Å². The maximum atomic E-state index is 12.0. The van der Waals surface area contributed by atoms with Crippen LogP contribution in [-0.4, -0.2) is 19.0 Å². The van der Waals surface area contributed by atoms with Gasteiger partial charge in [-0.1, -0.05) is 74.0 Å². The third kappa shape index (κ3) is 5.53. The van der Waals surface area contributed by atoms with Gasteiger partial charge in [-0.05, 0) is 12.8 Å². The van der Waals surface area contributed by atoms with Gasteiger partial charge in [0.15, 0.2) is 6.54 Å². The van der Waals surface area contributed by atoms with Crippen molar-refractivity contribution in [3.8, 4) is 0 Å². The highest BCUT2D eigenvalue weighted by Crippen LogP contribution is 2.18. The lowest BCUT2D eigenvalue weighted by Crippen LogP contribution is -2.87. The van der Waals surface area contributed by atoms with Gasteiger partial charge < -0.3 is 10.6 Å². The van der Waals surface area contributed by atoms with Gasteiger partial charge in [-0.3, -0.25) is 4.79 Å². The Hall–Kier alpha value is -2.13. The number of carbonyl (C=O) groups excluding carboxylic acids is 1. The van der Waals surface area contributed by atoms with E-state index >= 15 is 0 Å². The molecule has 122 valence electrons. The number of nitrogens with two attached hydrogens (primary N) is 1. The molecule has 3 heteroatoms. The Morgan fingerprint density at radius 1 is 1.00 bits per heavy atom. The quantitative estimate of drug-likeness (QED) is 0.810. The summed E-state index contributed by atoms with van der Waals surface area (Å²) in [6.45, 7) is 7.45. The Balaban J connectivity index is 2.09. The lowest BCUT2D eigenvalue weighted by atomic mass is 9.98. The lowest BCUT2D eigenvalue weighted by Gasteiger charge is -2.17. The number of aryl methyl sites for hydroxylation is 1. The molecule has 0 spiro atoms. The van der Waals surface area contributed by atoms with Gasteiger partial charge >= 0.3 is 0 Å². The van der Waals surface area contributed by atoms with Crippen LogP contribution in [-0.2, 0) is 4.79 Å². The highest BCUT2D eigenvalue weighted by atomic mass is 16.1. The number of amides is 1. The molecule has 0 saturated heterocycles. The Kier molecular flexibility index (Phi) is 6.36. The van der Waals surface area contributed by atoms with E-state index in [0.29, 0.717) is 12.5 Å². The number of rotatable bonds is 7. The molecule has 0 aliphatic carbocycles. The van der Waals surface area contributed by atoms with Crippen molar-refractivity contribution < 1.29 is 10.1 Å². The molecule has 2 rings (SSSR count). The summed E-state index contributed by atoms with van der Waals surface area (Å²) < 4.78 is 0. The van der Waals surface area contributed by atoms with Gasteiger partial charge in [-0.25, -0.2) is 0 Å². The molecule has 0 heterocycles. The maximum absolute atomic E-state index is 12.0. The minimum atomic E-state index is 0.0896. The van der Waals surface area contributed by atoms with Crippen LogP contribution >= 0.6 is 0 Å². The fourth-order valence-corrected chi connectivity index (χ4v) is 2.51. The molecule has 2 aromatic carbocycles. The van der Waals surface area contributed by atoms with Gasteiger partial charge in [0.05, 0.1) is 0 Å². The Morgan fingerprint density at radius 3 is 2.22 bits per heavy atom. The Morgan fingerprint density at radius 2 is 1.61 bits per heavy atom. The molecule has 0 aliphatic heterocycles. The summed E-state index contributed by atoms with van der Waals surface area (Å²) in [7, 11) is 0. The first-order valence-electron chi connectivity index (χ1n) is 8.28. The van der Waals surface area contributed by atoms with E-state index in [2.05, 4.69) is 67.8 Å². The van der Waals surface area contributed by atoms with Crippen molar-refractivity contribution in [3.05, 3.63) is 71.3 Å². The van der Waals surface area contributed by atoms with E-state index in [4.69, 9.17) is 0 Å². The fourth-order valence-electron chi connectivity index (χ4n) is 2.51. The smallest absolute Gasteiger partial charge is 0.275 e. The summed E-state index contributed by atoms with van der Waals surface area (Å²) >= 11 is 0. The van der Waals surface area contributed by atoms with E-state index < -0.39 is 0 Å². The number of hydrogen-bond donors (Lipinski definition) is 2. The topological polar surface area (TPSA) is 45.7 Å². The largest absolute Gasteiger partial charge is 0.351 e. The van der Waals surface area contributed by atoms with Crippen molar-refractivity contribution in [3.63, 3.8) is 0 Å². The first-order chi connectivity index (χ1) is 11.1. The Bertz CT molecular complexity index is 605. The molecule has 0 bridgehead atoms. The lowest BCUT2D eigenvalue weighted by molar-refractivity contribution is -0.676.